The summed E-state index contributed by atoms with van der Waals surface area (Å²) < 4.78 is 10.7. The molecule has 2 aliphatic rings. The van der Waals surface area contributed by atoms with Gasteiger partial charge in [0.2, 0.25) is 6.10 Å². The van der Waals surface area contributed by atoms with Gasteiger partial charge in [0.25, 0.3) is 5.91 Å². The van der Waals surface area contributed by atoms with Crippen LogP contribution in [0.25, 0.3) is 0 Å². The fourth-order valence-electron chi connectivity index (χ4n) is 3.01. The van der Waals surface area contributed by atoms with Gasteiger partial charge in [0, 0.05) is 31.6 Å². The van der Waals surface area contributed by atoms with Crippen molar-refractivity contribution in [2.75, 3.05) is 46.5 Å². The Morgan fingerprint density at radius 3 is 2.96 bits per heavy atom. The van der Waals surface area contributed by atoms with Gasteiger partial charge in [-0.1, -0.05) is 17.3 Å². The molecule has 136 valence electrons. The van der Waals surface area contributed by atoms with E-state index in [0.29, 0.717) is 13.0 Å². The molecule has 0 spiro atoms. The molecule has 1 atom stereocenters. The summed E-state index contributed by atoms with van der Waals surface area (Å²) >= 11 is 0. The van der Waals surface area contributed by atoms with Gasteiger partial charge in [-0.2, -0.15) is 0 Å². The van der Waals surface area contributed by atoms with Gasteiger partial charge in [0.15, 0.2) is 0 Å². The Kier molecular flexibility index (Phi) is 6.25. The van der Waals surface area contributed by atoms with E-state index in [1.54, 1.807) is 7.11 Å². The van der Waals surface area contributed by atoms with Crippen molar-refractivity contribution in [1.82, 2.24) is 10.2 Å². The molecule has 0 aliphatic carbocycles. The molecule has 7 nitrogen and oxygen atoms in total. The molecule has 25 heavy (non-hydrogen) atoms. The molecule has 1 saturated heterocycles. The minimum atomic E-state index is -0.566. The average molecular weight is 347 g/mol. The van der Waals surface area contributed by atoms with Crippen LogP contribution in [0, 0.1) is 0 Å². The molecule has 0 bridgehead atoms. The lowest BCUT2D eigenvalue weighted by Crippen LogP contribution is -2.39. The monoisotopic (exact) mass is 347 g/mol. The number of carbonyl (C=O) groups excluding carboxylic acids is 1. The first-order valence-corrected chi connectivity index (χ1v) is 8.72. The third kappa shape index (κ3) is 4.70. The first kappa shape index (κ1) is 17.7. The highest BCUT2D eigenvalue weighted by molar-refractivity contribution is 6.05. The predicted molar refractivity (Wildman–Crippen MR) is 93.9 cm³/mol. The van der Waals surface area contributed by atoms with Gasteiger partial charge in [-0.15, -0.1) is 0 Å². The quantitative estimate of drug-likeness (QED) is 0.746. The summed E-state index contributed by atoms with van der Waals surface area (Å²) in [6.07, 6.45) is 0.803. The van der Waals surface area contributed by atoms with Crippen molar-refractivity contribution in [2.24, 2.45) is 5.16 Å². The number of hydrogen-bond acceptors (Lipinski definition) is 6. The maximum absolute atomic E-state index is 12.3. The van der Waals surface area contributed by atoms with Crippen molar-refractivity contribution in [2.45, 2.75) is 18.9 Å². The zero-order valence-electron chi connectivity index (χ0n) is 14.6. The predicted octanol–water partition coefficient (Wildman–Crippen LogP) is 1.03. The zero-order valence-corrected chi connectivity index (χ0v) is 14.6. The molecule has 1 N–H and O–H groups in total. The number of oxime groups is 1. The molecule has 0 radical (unpaired) electrons. The number of hydrogen-bond donors (Lipinski definition) is 1. The van der Waals surface area contributed by atoms with Gasteiger partial charge in [0.1, 0.15) is 5.75 Å². The molecule has 0 aromatic heterocycles. The largest absolute Gasteiger partial charge is 0.496 e. The summed E-state index contributed by atoms with van der Waals surface area (Å²) in [5.41, 5.74) is 1.61. The van der Waals surface area contributed by atoms with Crippen LogP contribution in [-0.4, -0.2) is 69.1 Å². The van der Waals surface area contributed by atoms with Crippen molar-refractivity contribution in [1.29, 1.82) is 0 Å². The van der Waals surface area contributed by atoms with Crippen LogP contribution in [0.1, 0.15) is 18.4 Å². The van der Waals surface area contributed by atoms with Crippen molar-refractivity contribution in [3.63, 3.8) is 0 Å². The van der Waals surface area contributed by atoms with Crippen LogP contribution in [0.3, 0.4) is 0 Å². The van der Waals surface area contributed by atoms with E-state index < -0.39 is 6.10 Å². The molecule has 1 aromatic rings. The smallest absolute Gasteiger partial charge is 0.264 e. The van der Waals surface area contributed by atoms with Crippen molar-refractivity contribution in [3.05, 3.63) is 29.8 Å². The van der Waals surface area contributed by atoms with Crippen molar-refractivity contribution >= 4 is 11.6 Å². The van der Waals surface area contributed by atoms with Crippen LogP contribution < -0.4 is 10.1 Å². The van der Waals surface area contributed by atoms with Crippen molar-refractivity contribution < 1.29 is 19.1 Å². The molecule has 2 aliphatic heterocycles. The topological polar surface area (TPSA) is 72.4 Å². The number of amides is 1. The van der Waals surface area contributed by atoms with Crippen LogP contribution in [0.15, 0.2) is 29.4 Å². The summed E-state index contributed by atoms with van der Waals surface area (Å²) in [6, 6.07) is 7.61. The van der Waals surface area contributed by atoms with Gasteiger partial charge in [-0.25, -0.2) is 0 Å². The number of nitrogens with one attached hydrogen (secondary N) is 1. The Labute approximate surface area is 147 Å². The van der Waals surface area contributed by atoms with Gasteiger partial charge in [-0.3, -0.25) is 9.69 Å². The highest BCUT2D eigenvalue weighted by atomic mass is 16.6. The number of carbonyl (C=O) groups is 1. The second kappa shape index (κ2) is 8.82. The summed E-state index contributed by atoms with van der Waals surface area (Å²) in [7, 11) is 1.62. The summed E-state index contributed by atoms with van der Waals surface area (Å²) in [4.78, 5) is 19.9. The summed E-state index contributed by atoms with van der Waals surface area (Å²) in [6.45, 7) is 5.14. The normalized spacial score (nSPS) is 20.7. The van der Waals surface area contributed by atoms with Crippen LogP contribution in [-0.2, 0) is 14.4 Å². The van der Waals surface area contributed by atoms with E-state index in [2.05, 4.69) is 15.4 Å². The molecule has 1 fully saturated rings. The van der Waals surface area contributed by atoms with E-state index in [4.69, 9.17) is 14.3 Å². The summed E-state index contributed by atoms with van der Waals surface area (Å²) in [5.74, 6) is 0.618. The van der Waals surface area contributed by atoms with E-state index in [9.17, 15) is 4.79 Å². The van der Waals surface area contributed by atoms with Crippen molar-refractivity contribution in [3.8, 4) is 5.75 Å². The van der Waals surface area contributed by atoms with Gasteiger partial charge >= 0.3 is 0 Å². The minimum Gasteiger partial charge on any atom is -0.496 e. The highest BCUT2D eigenvalue weighted by Gasteiger charge is 2.29. The second-order valence-electron chi connectivity index (χ2n) is 6.14. The van der Waals surface area contributed by atoms with Gasteiger partial charge in [0.05, 0.1) is 26.0 Å². The average Bonchev–Trinajstić information content (AvgIpc) is 3.16. The fraction of sp³-hybridized carbons (Fsp3) is 0.556. The lowest BCUT2D eigenvalue weighted by molar-refractivity contribution is -0.131. The lowest BCUT2D eigenvalue weighted by atomic mass is 10.0. The molecule has 7 heteroatoms. The third-order valence-corrected chi connectivity index (χ3v) is 4.43. The first-order chi connectivity index (χ1) is 12.3. The molecule has 1 amide bonds. The Hall–Kier alpha value is -2.12. The fourth-order valence-corrected chi connectivity index (χ4v) is 3.01. The number of methoxy groups -OCH3 is 1. The SMILES string of the molecule is COc1ccccc1C1=NO[C@@H](C(=O)NCCCN2CCOCC2)C1. The molecule has 0 unspecified atom stereocenters. The van der Waals surface area contributed by atoms with Crippen LogP contribution in [0.2, 0.25) is 0 Å². The Morgan fingerprint density at radius 2 is 2.16 bits per heavy atom. The number of morpholine rings is 1. The maximum atomic E-state index is 12.3. The number of benzene rings is 1. The number of rotatable bonds is 7. The highest BCUT2D eigenvalue weighted by Crippen LogP contribution is 2.24. The Bertz CT molecular complexity index is 614. The van der Waals surface area contributed by atoms with E-state index in [1.807, 2.05) is 24.3 Å². The standard InChI is InChI=1S/C18H25N3O4/c1-23-16-6-3-2-5-14(16)15-13-17(25-20-15)18(22)19-7-4-8-21-9-11-24-12-10-21/h2-3,5-6,17H,4,7-13H2,1H3,(H,19,22)/t17-/m1/s1. The van der Waals surface area contributed by atoms with Gasteiger partial charge in [-0.05, 0) is 25.1 Å². The van der Waals surface area contributed by atoms with E-state index in [0.717, 1.165) is 56.3 Å². The van der Waals surface area contributed by atoms with Crippen LogP contribution in [0.5, 0.6) is 5.75 Å². The number of para-hydroxylation sites is 1. The van der Waals surface area contributed by atoms with E-state index in [1.165, 1.54) is 0 Å². The molecular formula is C18H25N3O4. The minimum absolute atomic E-state index is 0.115. The van der Waals surface area contributed by atoms with Gasteiger partial charge < -0.3 is 19.6 Å². The first-order valence-electron chi connectivity index (χ1n) is 8.72. The molecule has 2 heterocycles. The number of nitrogens with zero attached hydrogens (tertiary/aromatic N) is 2. The second-order valence-corrected chi connectivity index (χ2v) is 6.14. The molecule has 1 aromatic carbocycles. The number of ether oxygens (including phenoxy) is 2. The Balaban J connectivity index is 1.41. The van der Waals surface area contributed by atoms with Crippen LogP contribution >= 0.6 is 0 Å². The van der Waals surface area contributed by atoms with E-state index in [-0.39, 0.29) is 5.91 Å². The molecule has 3 rings (SSSR count). The van der Waals surface area contributed by atoms with E-state index >= 15 is 0 Å². The zero-order chi connectivity index (χ0) is 17.5. The molecular weight excluding hydrogens is 322 g/mol. The molecule has 0 saturated carbocycles. The summed E-state index contributed by atoms with van der Waals surface area (Å²) in [5, 5.41) is 7.01. The third-order valence-electron chi connectivity index (χ3n) is 4.43. The lowest BCUT2D eigenvalue weighted by Gasteiger charge is -2.26. The maximum Gasteiger partial charge on any atom is 0.264 e. The van der Waals surface area contributed by atoms with Crippen LogP contribution in [0.4, 0.5) is 0 Å². The Morgan fingerprint density at radius 1 is 1.36 bits per heavy atom.